The maximum absolute atomic E-state index is 13.2. The summed E-state index contributed by atoms with van der Waals surface area (Å²) in [5, 5.41) is 6.10. The van der Waals surface area contributed by atoms with E-state index in [2.05, 4.69) is 9.82 Å². The van der Waals surface area contributed by atoms with Gasteiger partial charge in [-0.05, 0) is 73.7 Å². The molecule has 0 bridgehead atoms. The van der Waals surface area contributed by atoms with Crippen molar-refractivity contribution < 1.29 is 17.5 Å². The molecular weight excluding hydrogens is 455 g/mol. The molecule has 5 aromatic rings. The third kappa shape index (κ3) is 4.27. The predicted octanol–water partition coefficient (Wildman–Crippen LogP) is 4.40. The minimum Gasteiger partial charge on any atom is -0.492 e. The lowest BCUT2D eigenvalue weighted by atomic mass is 10.2. The summed E-state index contributed by atoms with van der Waals surface area (Å²) in [5.74, 6) is 0.296. The van der Waals surface area contributed by atoms with E-state index in [9.17, 15) is 12.8 Å². The molecule has 3 aromatic carbocycles. The number of aromatic nitrogens is 3. The smallest absolute Gasteiger partial charge is 0.240 e. The third-order valence-corrected chi connectivity index (χ3v) is 7.22. The van der Waals surface area contributed by atoms with Gasteiger partial charge in [0.25, 0.3) is 0 Å². The van der Waals surface area contributed by atoms with Crippen LogP contribution < -0.4 is 9.46 Å². The van der Waals surface area contributed by atoms with E-state index in [1.165, 1.54) is 12.1 Å². The number of rotatable bonds is 7. The Morgan fingerprint density at radius 1 is 1.00 bits per heavy atom. The largest absolute Gasteiger partial charge is 0.492 e. The number of sulfonamides is 1. The lowest BCUT2D eigenvalue weighted by Crippen LogP contribution is -2.36. The molecule has 0 spiro atoms. The Balaban J connectivity index is 1.26. The Morgan fingerprint density at radius 3 is 2.56 bits per heavy atom. The number of fused-ring (bicyclic) bond motifs is 2. The monoisotopic (exact) mass is 478 g/mol. The van der Waals surface area contributed by atoms with Gasteiger partial charge in [0.15, 0.2) is 0 Å². The van der Waals surface area contributed by atoms with Crippen molar-refractivity contribution in [3.05, 3.63) is 84.9 Å². The number of benzene rings is 3. The highest BCUT2D eigenvalue weighted by molar-refractivity contribution is 7.89. The molecule has 0 aliphatic carbocycles. The van der Waals surface area contributed by atoms with E-state index < -0.39 is 16.1 Å². The van der Waals surface area contributed by atoms with Crippen molar-refractivity contribution in [3.63, 3.8) is 0 Å². The minimum absolute atomic E-state index is 0.157. The molecule has 2 aromatic heterocycles. The molecule has 0 saturated heterocycles. The lowest BCUT2D eigenvalue weighted by Gasteiger charge is -2.15. The molecule has 9 heteroatoms. The molecular formula is C25H23FN4O3S. The van der Waals surface area contributed by atoms with E-state index in [1.807, 2.05) is 36.0 Å². The number of nitrogens with one attached hydrogen (secondary N) is 1. The van der Waals surface area contributed by atoms with Crippen LogP contribution in [0.4, 0.5) is 4.39 Å². The second kappa shape index (κ2) is 8.58. The molecule has 174 valence electrons. The van der Waals surface area contributed by atoms with Gasteiger partial charge in [-0.1, -0.05) is 0 Å². The van der Waals surface area contributed by atoms with E-state index in [1.54, 1.807) is 54.2 Å². The zero-order chi connectivity index (χ0) is 23.9. The summed E-state index contributed by atoms with van der Waals surface area (Å²) in [5.41, 5.74) is 2.57. The van der Waals surface area contributed by atoms with Crippen molar-refractivity contribution >= 4 is 31.8 Å². The summed E-state index contributed by atoms with van der Waals surface area (Å²) in [6.45, 7) is 1.91. The molecule has 0 aliphatic rings. The zero-order valence-electron chi connectivity index (χ0n) is 18.6. The van der Waals surface area contributed by atoms with E-state index in [0.29, 0.717) is 5.75 Å². The Bertz CT molecular complexity index is 1590. The van der Waals surface area contributed by atoms with Crippen molar-refractivity contribution in [2.75, 3.05) is 6.61 Å². The molecule has 34 heavy (non-hydrogen) atoms. The highest BCUT2D eigenvalue weighted by Gasteiger charge is 2.19. The molecule has 0 aliphatic heterocycles. The van der Waals surface area contributed by atoms with E-state index in [4.69, 9.17) is 4.74 Å². The van der Waals surface area contributed by atoms with Gasteiger partial charge < -0.3 is 9.30 Å². The Morgan fingerprint density at radius 2 is 1.76 bits per heavy atom. The third-order valence-electron chi connectivity index (χ3n) is 5.63. The fourth-order valence-corrected chi connectivity index (χ4v) is 5.17. The van der Waals surface area contributed by atoms with Crippen LogP contribution in [0, 0.1) is 5.82 Å². The average molecular weight is 479 g/mol. The van der Waals surface area contributed by atoms with Crippen LogP contribution in [0.25, 0.3) is 27.5 Å². The van der Waals surface area contributed by atoms with Gasteiger partial charge in [0.2, 0.25) is 10.0 Å². The fourth-order valence-electron chi connectivity index (χ4n) is 3.90. The normalized spacial score (nSPS) is 12.9. The van der Waals surface area contributed by atoms with Crippen molar-refractivity contribution in [2.24, 2.45) is 7.05 Å². The molecule has 5 rings (SSSR count). The molecule has 7 nitrogen and oxygen atoms in total. The number of hydrogen-bond donors (Lipinski definition) is 1. The number of ether oxygens (including phenoxy) is 1. The van der Waals surface area contributed by atoms with Gasteiger partial charge in [0.05, 0.1) is 28.3 Å². The van der Waals surface area contributed by atoms with Crippen LogP contribution in [0.1, 0.15) is 6.92 Å². The van der Waals surface area contributed by atoms with Gasteiger partial charge in [0.1, 0.15) is 18.2 Å². The van der Waals surface area contributed by atoms with Crippen LogP contribution in [-0.2, 0) is 17.1 Å². The van der Waals surface area contributed by atoms with Gasteiger partial charge in [-0.2, -0.15) is 5.10 Å². The molecule has 0 saturated carbocycles. The maximum Gasteiger partial charge on any atom is 0.240 e. The Labute approximate surface area is 196 Å². The quantitative estimate of drug-likeness (QED) is 0.376. The number of nitrogens with zero attached hydrogens (tertiary/aromatic N) is 3. The van der Waals surface area contributed by atoms with Crippen LogP contribution in [0.15, 0.2) is 84.0 Å². The number of aryl methyl sites for hydroxylation is 1. The first kappa shape index (κ1) is 22.1. The summed E-state index contributed by atoms with van der Waals surface area (Å²) in [6.07, 6.45) is 3.60. The number of hydrogen-bond acceptors (Lipinski definition) is 4. The van der Waals surface area contributed by atoms with Crippen molar-refractivity contribution in [1.29, 1.82) is 0 Å². The topological polar surface area (TPSA) is 78.2 Å². The molecule has 1 N–H and O–H groups in total. The molecule has 0 amide bonds. The van der Waals surface area contributed by atoms with Crippen molar-refractivity contribution in [2.45, 2.75) is 17.9 Å². The molecule has 1 atom stereocenters. The fraction of sp³-hybridized carbons (Fsp3) is 0.160. The van der Waals surface area contributed by atoms with Crippen LogP contribution >= 0.6 is 0 Å². The maximum atomic E-state index is 13.2. The van der Waals surface area contributed by atoms with E-state index >= 15 is 0 Å². The minimum atomic E-state index is -3.69. The summed E-state index contributed by atoms with van der Waals surface area (Å²) >= 11 is 0. The van der Waals surface area contributed by atoms with Crippen LogP contribution in [0.3, 0.4) is 0 Å². The van der Waals surface area contributed by atoms with Gasteiger partial charge in [-0.3, -0.25) is 0 Å². The Hall–Kier alpha value is -3.69. The van der Waals surface area contributed by atoms with Gasteiger partial charge in [-0.25, -0.2) is 22.2 Å². The first-order valence-corrected chi connectivity index (χ1v) is 12.2. The summed E-state index contributed by atoms with van der Waals surface area (Å²) in [6, 6.07) is 18.1. The SMILES string of the molecule is C[C@@H](COc1ccc2c(cnn2-c2ccc(F)cc2)c1)NS(=O)(=O)c1ccc2c(ccn2C)c1. The van der Waals surface area contributed by atoms with Crippen LogP contribution in [0.5, 0.6) is 5.75 Å². The highest BCUT2D eigenvalue weighted by atomic mass is 32.2. The first-order chi connectivity index (χ1) is 16.3. The predicted molar refractivity (Wildman–Crippen MR) is 129 cm³/mol. The summed E-state index contributed by atoms with van der Waals surface area (Å²) in [7, 11) is -1.77. The second-order valence-electron chi connectivity index (χ2n) is 8.23. The molecule has 0 unspecified atom stereocenters. The average Bonchev–Trinajstić information content (AvgIpc) is 3.41. The lowest BCUT2D eigenvalue weighted by molar-refractivity contribution is 0.288. The van der Waals surface area contributed by atoms with Crippen molar-refractivity contribution in [3.8, 4) is 11.4 Å². The zero-order valence-corrected chi connectivity index (χ0v) is 19.5. The highest BCUT2D eigenvalue weighted by Crippen LogP contribution is 2.24. The van der Waals surface area contributed by atoms with E-state index in [-0.39, 0.29) is 17.3 Å². The Kier molecular flexibility index (Phi) is 5.59. The van der Waals surface area contributed by atoms with Gasteiger partial charge >= 0.3 is 0 Å². The molecule has 0 fully saturated rings. The van der Waals surface area contributed by atoms with Crippen LogP contribution in [0.2, 0.25) is 0 Å². The summed E-state index contributed by atoms with van der Waals surface area (Å²) < 4.78 is 51.1. The molecule has 0 radical (unpaired) electrons. The van der Waals surface area contributed by atoms with E-state index in [0.717, 1.165) is 27.5 Å². The second-order valence-corrected chi connectivity index (χ2v) is 9.95. The molecule has 2 heterocycles. The standard InChI is InChI=1S/C25H23FN4O3S/c1-17(28-34(31,32)23-8-10-24-18(14-23)11-12-29(24)2)16-33-22-7-9-25-19(13-22)15-27-30(25)21-5-3-20(26)4-6-21/h3-15,17,28H,16H2,1-2H3/t17-/m0/s1. The van der Waals surface area contributed by atoms with Crippen LogP contribution in [-0.4, -0.2) is 35.4 Å². The number of halogens is 1. The van der Waals surface area contributed by atoms with Crippen molar-refractivity contribution in [1.82, 2.24) is 19.1 Å². The first-order valence-electron chi connectivity index (χ1n) is 10.7. The van der Waals surface area contributed by atoms with Gasteiger partial charge in [0, 0.05) is 29.5 Å². The van der Waals surface area contributed by atoms with Gasteiger partial charge in [-0.15, -0.1) is 0 Å². The summed E-state index contributed by atoms with van der Waals surface area (Å²) in [4.78, 5) is 0.215.